The summed E-state index contributed by atoms with van der Waals surface area (Å²) in [6, 6.07) is 0. The van der Waals surface area contributed by atoms with Crippen molar-refractivity contribution >= 4 is 28.6 Å². The highest BCUT2D eigenvalue weighted by Gasteiger charge is 2.14. The molecule has 0 aromatic rings. The van der Waals surface area contributed by atoms with Crippen LogP contribution in [0.25, 0.3) is 0 Å². The second-order valence-electron chi connectivity index (χ2n) is 3.85. The van der Waals surface area contributed by atoms with Crippen LogP contribution >= 0.6 is 22.6 Å². The van der Waals surface area contributed by atoms with Gasteiger partial charge in [0, 0.05) is 0 Å². The lowest BCUT2D eigenvalue weighted by atomic mass is 10.1. The third-order valence-electron chi connectivity index (χ3n) is 2.41. The molecule has 0 N–H and O–H groups in total. The van der Waals surface area contributed by atoms with Gasteiger partial charge in [0.15, 0.2) is 0 Å². The summed E-state index contributed by atoms with van der Waals surface area (Å²) in [6.45, 7) is 6.04. The molecule has 0 fully saturated rings. The largest absolute Gasteiger partial charge is 0.465 e. The Balaban J connectivity index is 3.30. The van der Waals surface area contributed by atoms with E-state index in [1.807, 2.05) is 13.0 Å². The van der Waals surface area contributed by atoms with Crippen LogP contribution in [-0.4, -0.2) is 16.5 Å². The zero-order valence-electron chi connectivity index (χ0n) is 10.2. The lowest BCUT2D eigenvalue weighted by molar-refractivity contribution is -0.142. The van der Waals surface area contributed by atoms with Gasteiger partial charge in [-0.1, -0.05) is 54.4 Å². The van der Waals surface area contributed by atoms with E-state index >= 15 is 0 Å². The molecule has 0 aromatic heterocycles. The molecule has 0 saturated heterocycles. The van der Waals surface area contributed by atoms with Crippen LogP contribution in [0.4, 0.5) is 0 Å². The number of allylic oxidation sites excluding steroid dienone is 1. The van der Waals surface area contributed by atoms with Crippen LogP contribution in [0.5, 0.6) is 0 Å². The number of hydrogen-bond donors (Lipinski definition) is 0. The molecule has 0 aliphatic carbocycles. The number of unbranched alkanes of at least 4 members (excludes halogenated alkanes) is 5. The number of carbonyl (C=O) groups excluding carboxylic acids is 1. The van der Waals surface area contributed by atoms with Gasteiger partial charge in [0.25, 0.3) is 0 Å². The number of alkyl halides is 1. The Morgan fingerprint density at radius 3 is 2.56 bits per heavy atom. The Kier molecular flexibility index (Phi) is 11.4. The Labute approximate surface area is 113 Å². The van der Waals surface area contributed by atoms with E-state index in [1.54, 1.807) is 0 Å². The van der Waals surface area contributed by atoms with Gasteiger partial charge in [-0.05, 0) is 26.2 Å². The summed E-state index contributed by atoms with van der Waals surface area (Å²) in [4.78, 5) is 11.3. The van der Waals surface area contributed by atoms with Crippen LogP contribution in [0.1, 0.15) is 51.9 Å². The predicted molar refractivity (Wildman–Crippen MR) is 77.0 cm³/mol. The molecule has 94 valence electrons. The van der Waals surface area contributed by atoms with E-state index in [4.69, 9.17) is 4.74 Å². The zero-order chi connectivity index (χ0) is 12.2. The van der Waals surface area contributed by atoms with Gasteiger partial charge in [-0.3, -0.25) is 4.79 Å². The fourth-order valence-corrected chi connectivity index (χ4v) is 2.11. The molecular weight excluding hydrogens is 315 g/mol. The maximum absolute atomic E-state index is 11.3. The summed E-state index contributed by atoms with van der Waals surface area (Å²) in [5, 5.41) is 0. The van der Waals surface area contributed by atoms with E-state index < -0.39 is 0 Å². The Morgan fingerprint density at radius 2 is 1.94 bits per heavy atom. The molecule has 1 unspecified atom stereocenters. The van der Waals surface area contributed by atoms with E-state index in [0.717, 1.165) is 19.3 Å². The number of halogens is 1. The second-order valence-corrected chi connectivity index (χ2v) is 5.36. The molecule has 0 heterocycles. The summed E-state index contributed by atoms with van der Waals surface area (Å²) >= 11 is 2.18. The number of rotatable bonds is 10. The Bertz CT molecular complexity index is 192. The molecule has 16 heavy (non-hydrogen) atoms. The molecule has 3 heteroatoms. The van der Waals surface area contributed by atoms with Gasteiger partial charge in [0.05, 0.1) is 6.61 Å². The summed E-state index contributed by atoms with van der Waals surface area (Å²) in [7, 11) is 0. The Hall–Kier alpha value is -0.0600. The number of esters is 1. The Morgan fingerprint density at radius 1 is 1.31 bits per heavy atom. The number of ether oxygens (including phenoxy) is 1. The van der Waals surface area contributed by atoms with Gasteiger partial charge < -0.3 is 4.74 Å². The number of hydrogen-bond acceptors (Lipinski definition) is 2. The van der Waals surface area contributed by atoms with Crippen molar-refractivity contribution in [2.24, 2.45) is 0 Å². The van der Waals surface area contributed by atoms with Crippen LogP contribution in [-0.2, 0) is 9.53 Å². The quantitative estimate of drug-likeness (QED) is 0.195. The minimum absolute atomic E-state index is 0.0331. The molecule has 0 amide bonds. The van der Waals surface area contributed by atoms with Gasteiger partial charge >= 0.3 is 5.97 Å². The van der Waals surface area contributed by atoms with Crippen LogP contribution < -0.4 is 0 Å². The minimum Gasteiger partial charge on any atom is -0.465 e. The fourth-order valence-electron chi connectivity index (χ4n) is 1.49. The van der Waals surface area contributed by atoms with Gasteiger partial charge in [0.2, 0.25) is 0 Å². The van der Waals surface area contributed by atoms with E-state index in [-0.39, 0.29) is 9.89 Å². The molecule has 0 saturated carbocycles. The maximum atomic E-state index is 11.3. The molecule has 0 aliphatic heterocycles. The standard InChI is InChI=1S/C13H23IO2/c1-3-5-6-7-8-9-10-11-12(14)13(15)16-4-2/h3,12H,1,4-11H2,2H3. The molecule has 0 rings (SSSR count). The van der Waals surface area contributed by atoms with Crippen molar-refractivity contribution in [3.8, 4) is 0 Å². The van der Waals surface area contributed by atoms with Gasteiger partial charge in [-0.25, -0.2) is 0 Å². The summed E-state index contributed by atoms with van der Waals surface area (Å²) < 4.78 is 4.99. The minimum atomic E-state index is -0.0604. The van der Waals surface area contributed by atoms with Crippen LogP contribution in [0.2, 0.25) is 0 Å². The molecule has 0 aromatic carbocycles. The SMILES string of the molecule is C=CCCCCCCCC(I)C(=O)OCC. The van der Waals surface area contributed by atoms with Gasteiger partial charge in [-0.2, -0.15) is 0 Å². The van der Waals surface area contributed by atoms with Crippen LogP contribution in [0.15, 0.2) is 12.7 Å². The average molecular weight is 338 g/mol. The van der Waals surface area contributed by atoms with E-state index in [2.05, 4.69) is 29.2 Å². The van der Waals surface area contributed by atoms with Crippen molar-refractivity contribution in [3.05, 3.63) is 12.7 Å². The monoisotopic (exact) mass is 338 g/mol. The van der Waals surface area contributed by atoms with Gasteiger partial charge in [-0.15, -0.1) is 6.58 Å². The first-order chi connectivity index (χ1) is 7.72. The number of carbonyl (C=O) groups is 1. The molecule has 0 bridgehead atoms. The molecule has 0 radical (unpaired) electrons. The zero-order valence-corrected chi connectivity index (χ0v) is 12.4. The lowest BCUT2D eigenvalue weighted by Gasteiger charge is -2.08. The van der Waals surface area contributed by atoms with Gasteiger partial charge in [0.1, 0.15) is 3.92 Å². The fraction of sp³-hybridized carbons (Fsp3) is 0.769. The predicted octanol–water partition coefficient (Wildman–Crippen LogP) is 4.27. The van der Waals surface area contributed by atoms with E-state index in [0.29, 0.717) is 6.61 Å². The first kappa shape index (κ1) is 15.9. The highest BCUT2D eigenvalue weighted by atomic mass is 127. The van der Waals surface area contributed by atoms with Crippen molar-refractivity contribution in [3.63, 3.8) is 0 Å². The van der Waals surface area contributed by atoms with Crippen molar-refractivity contribution in [2.75, 3.05) is 6.61 Å². The average Bonchev–Trinajstić information content (AvgIpc) is 2.28. The summed E-state index contributed by atoms with van der Waals surface area (Å²) in [6.07, 6.45) is 10.2. The van der Waals surface area contributed by atoms with E-state index in [9.17, 15) is 4.79 Å². The first-order valence-electron chi connectivity index (χ1n) is 6.14. The van der Waals surface area contributed by atoms with Crippen molar-refractivity contribution < 1.29 is 9.53 Å². The maximum Gasteiger partial charge on any atom is 0.318 e. The third-order valence-corrected chi connectivity index (χ3v) is 3.54. The first-order valence-corrected chi connectivity index (χ1v) is 7.38. The van der Waals surface area contributed by atoms with Crippen LogP contribution in [0.3, 0.4) is 0 Å². The highest BCUT2D eigenvalue weighted by molar-refractivity contribution is 14.1. The lowest BCUT2D eigenvalue weighted by Crippen LogP contribution is -2.16. The normalized spacial score (nSPS) is 12.1. The van der Waals surface area contributed by atoms with Crippen LogP contribution in [0, 0.1) is 0 Å². The topological polar surface area (TPSA) is 26.3 Å². The summed E-state index contributed by atoms with van der Waals surface area (Å²) in [5.41, 5.74) is 0. The van der Waals surface area contributed by atoms with E-state index in [1.165, 1.54) is 25.7 Å². The smallest absolute Gasteiger partial charge is 0.318 e. The molecule has 1 atom stereocenters. The molecular formula is C13H23IO2. The molecule has 2 nitrogen and oxygen atoms in total. The van der Waals surface area contributed by atoms with Crippen molar-refractivity contribution in [1.29, 1.82) is 0 Å². The second kappa shape index (κ2) is 11.4. The molecule has 0 spiro atoms. The summed E-state index contributed by atoms with van der Waals surface area (Å²) in [5.74, 6) is -0.0604. The highest BCUT2D eigenvalue weighted by Crippen LogP contribution is 2.15. The molecule has 0 aliphatic rings. The third kappa shape index (κ3) is 9.19. The van der Waals surface area contributed by atoms with Crippen molar-refractivity contribution in [1.82, 2.24) is 0 Å². The van der Waals surface area contributed by atoms with Crippen molar-refractivity contribution in [2.45, 2.75) is 55.8 Å².